The quantitative estimate of drug-likeness (QED) is 0.150. The van der Waals surface area contributed by atoms with Crippen LogP contribution in [0, 0.1) is 37.3 Å². The maximum atomic E-state index is 12.9. The molecule has 2 aromatic rings. The fourth-order valence-corrected chi connectivity index (χ4v) is 2.22. The molecular formula is C18H19Br2F2NNaO8P. The summed E-state index contributed by atoms with van der Waals surface area (Å²) in [5, 5.41) is 29.1. The van der Waals surface area contributed by atoms with Crippen molar-refractivity contribution >= 4 is 52.4 Å². The summed E-state index contributed by atoms with van der Waals surface area (Å²) in [5.41, 5.74) is 1.36. The van der Waals surface area contributed by atoms with Crippen LogP contribution in [0.5, 0.6) is 0 Å². The van der Waals surface area contributed by atoms with E-state index in [1.54, 1.807) is 13.8 Å². The molecule has 0 fully saturated rings. The summed E-state index contributed by atoms with van der Waals surface area (Å²) in [4.78, 5) is 29.6. The molecule has 2 rings (SSSR count). The molecule has 1 unspecified atom stereocenters. The van der Waals surface area contributed by atoms with E-state index in [9.17, 15) is 18.4 Å². The maximum absolute atomic E-state index is 12.9. The summed E-state index contributed by atoms with van der Waals surface area (Å²) in [6.07, 6.45) is 0.509. The van der Waals surface area contributed by atoms with Crippen molar-refractivity contribution in [1.29, 1.82) is 5.26 Å². The van der Waals surface area contributed by atoms with Gasteiger partial charge in [0.1, 0.15) is 11.6 Å². The van der Waals surface area contributed by atoms with E-state index in [-0.39, 0.29) is 42.1 Å². The molecule has 1 atom stereocenters. The number of aromatic carboxylic acids is 1. The first-order valence-corrected chi connectivity index (χ1v) is 10.4. The summed E-state index contributed by atoms with van der Waals surface area (Å²) < 4.78 is 38.5. The summed E-state index contributed by atoms with van der Waals surface area (Å²) in [7, 11) is -2.04. The number of carbonyl (C=O) groups is 2. The third-order valence-electron chi connectivity index (χ3n) is 2.95. The smallest absolute Gasteiger partial charge is 1.00 e. The zero-order valence-electron chi connectivity index (χ0n) is 18.8. The van der Waals surface area contributed by atoms with Crippen LogP contribution in [0.4, 0.5) is 8.78 Å². The fraction of sp³-hybridized carbons (Fsp3) is 0.167. The van der Waals surface area contributed by atoms with Crippen molar-refractivity contribution in [2.24, 2.45) is 0 Å². The van der Waals surface area contributed by atoms with Gasteiger partial charge in [0.15, 0.2) is 6.29 Å². The van der Waals surface area contributed by atoms with Crippen LogP contribution in [0.25, 0.3) is 0 Å². The Morgan fingerprint density at radius 1 is 1.12 bits per heavy atom. The summed E-state index contributed by atoms with van der Waals surface area (Å²) in [5.74, 6) is -2.46. The Kier molecular flexibility index (Phi) is 26.8. The molecular weight excluding hydrogens is 610 g/mol. The monoisotopic (exact) mass is 627 g/mol. The molecule has 3 N–H and O–H groups in total. The van der Waals surface area contributed by atoms with Gasteiger partial charge in [-0.3, -0.25) is 4.79 Å². The molecule has 0 aromatic heterocycles. The number of aryl methyl sites for hydroxylation is 2. The first-order valence-electron chi connectivity index (χ1n) is 7.70. The van der Waals surface area contributed by atoms with E-state index in [0.717, 1.165) is 18.7 Å². The molecule has 0 aliphatic rings. The summed E-state index contributed by atoms with van der Waals surface area (Å²) in [6, 6.07) is 5.24. The number of carboxylic acids is 1. The number of aliphatic hydroxyl groups excluding tert-OH is 1. The van der Waals surface area contributed by atoms with Crippen LogP contribution in [-0.4, -0.2) is 34.8 Å². The zero-order valence-corrected chi connectivity index (χ0v) is 23.8. The van der Waals surface area contributed by atoms with Gasteiger partial charge in [-0.15, -0.1) is 0 Å². The Morgan fingerprint density at radius 3 is 1.82 bits per heavy atom. The average Bonchev–Trinajstić information content (AvgIpc) is 2.76. The van der Waals surface area contributed by atoms with E-state index in [2.05, 4.69) is 43.1 Å². The van der Waals surface area contributed by atoms with Gasteiger partial charge in [-0.2, -0.15) is 0 Å². The molecule has 9 nitrogen and oxygen atoms in total. The second kappa shape index (κ2) is 22.6. The molecule has 2 aromatic carbocycles. The van der Waals surface area contributed by atoms with Gasteiger partial charge in [-0.1, -0.05) is 31.9 Å². The third-order valence-corrected chi connectivity index (χ3v) is 4.79. The minimum Gasteiger partial charge on any atom is -1.00 e. The van der Waals surface area contributed by atoms with Gasteiger partial charge in [0, 0.05) is 27.3 Å². The number of benzene rings is 2. The van der Waals surface area contributed by atoms with E-state index in [1.807, 2.05) is 0 Å². The van der Waals surface area contributed by atoms with Crippen molar-refractivity contribution in [3.63, 3.8) is 0 Å². The second-order valence-electron chi connectivity index (χ2n) is 4.93. The maximum Gasteiger partial charge on any atom is 1.00 e. The number of halogens is 4. The number of nitrogens with zero attached hydrogens (tertiary/aromatic N) is 1. The Morgan fingerprint density at radius 2 is 1.48 bits per heavy atom. The summed E-state index contributed by atoms with van der Waals surface area (Å²) >= 11 is 6.25. The van der Waals surface area contributed by atoms with E-state index >= 15 is 0 Å². The van der Waals surface area contributed by atoms with Crippen LogP contribution in [0.15, 0.2) is 33.2 Å². The number of rotatable bonds is 3. The normalized spacial score (nSPS) is 8.79. The van der Waals surface area contributed by atoms with Crippen molar-refractivity contribution in [3.8, 4) is 6.57 Å². The van der Waals surface area contributed by atoms with E-state index < -0.39 is 25.9 Å². The van der Waals surface area contributed by atoms with Gasteiger partial charge in [-0.25, -0.2) is 24.1 Å². The topological polar surface area (TPSA) is 168 Å². The van der Waals surface area contributed by atoms with Gasteiger partial charge in [0.05, 0.1) is 11.1 Å². The van der Waals surface area contributed by atoms with Crippen molar-refractivity contribution in [2.75, 3.05) is 7.11 Å². The van der Waals surface area contributed by atoms with Crippen molar-refractivity contribution in [1.82, 2.24) is 0 Å². The molecule has 0 radical (unpaired) electrons. The Balaban J connectivity index is -0.000000118. The summed E-state index contributed by atoms with van der Waals surface area (Å²) in [6.45, 7) is 7.01. The number of hydrogen-bond donors (Lipinski definition) is 3. The van der Waals surface area contributed by atoms with Crippen molar-refractivity contribution in [2.45, 2.75) is 13.8 Å². The number of aliphatic hydroxyl groups is 1. The number of aldehydes is 1. The van der Waals surface area contributed by atoms with Gasteiger partial charge < -0.3 is 16.5 Å². The van der Waals surface area contributed by atoms with Crippen LogP contribution in [0.1, 0.15) is 33.3 Å². The second-order valence-corrected chi connectivity index (χ2v) is 7.25. The number of hydrogen-bond acceptors (Lipinski definition) is 8. The molecule has 0 saturated carbocycles. The van der Waals surface area contributed by atoms with Crippen LogP contribution in [-0.2, 0) is 9.24 Å². The molecule has 0 saturated heterocycles. The van der Waals surface area contributed by atoms with Crippen LogP contribution < -0.4 is 34.5 Å². The largest absolute Gasteiger partial charge is 1.00 e. The molecule has 0 aliphatic carbocycles. The SMILES string of the molecule is C#N.CO.Cc1cc(C(=O)O)c(F)cc1Br.Cc1cc(C=O)c(F)cc1Br.O=[P+]([O-])OO.[H-].[Na+]. The van der Waals surface area contributed by atoms with Crippen LogP contribution in [0.3, 0.4) is 0 Å². The number of carboxylic acid groups (broad SMARTS) is 1. The standard InChI is InChI=1S/C8H6BrFO2.C8H6BrFO.CHN.CH4O.Na.HO4P.H/c1-4-2-5(8(11)12)7(10)3-6(4)9;1-5-2-6(4-11)8(10)3-7(5)9;2*1-2;;1-4-5(2)3;/h2-3H,1H3,(H,11,12);2-4H,1H3;1H;2H,1H3;;1H;/q;;;;+1;;-1. The average molecular weight is 629 g/mol. The molecule has 15 heteroatoms. The minimum absolute atomic E-state index is 0. The Bertz CT molecular complexity index is 943. The Labute approximate surface area is 229 Å². The molecule has 0 spiro atoms. The predicted molar refractivity (Wildman–Crippen MR) is 117 cm³/mol. The van der Waals surface area contributed by atoms with Gasteiger partial charge >= 0.3 is 43.8 Å². The minimum atomic E-state index is -3.04. The van der Waals surface area contributed by atoms with Gasteiger partial charge in [0.2, 0.25) is 0 Å². The zero-order chi connectivity index (χ0) is 26.0. The van der Waals surface area contributed by atoms with Crippen LogP contribution >= 0.6 is 40.1 Å². The van der Waals surface area contributed by atoms with Crippen molar-refractivity contribution < 1.29 is 79.0 Å². The van der Waals surface area contributed by atoms with E-state index in [0.29, 0.717) is 20.8 Å². The first kappa shape index (κ1) is 39.1. The van der Waals surface area contributed by atoms with Crippen molar-refractivity contribution in [3.05, 3.63) is 67.1 Å². The van der Waals surface area contributed by atoms with E-state index in [1.165, 1.54) is 18.2 Å². The molecule has 0 amide bonds. The van der Waals surface area contributed by atoms with Gasteiger partial charge in [0.25, 0.3) is 0 Å². The molecule has 178 valence electrons. The molecule has 0 heterocycles. The Hall–Kier alpha value is -1.17. The fourth-order valence-electron chi connectivity index (χ4n) is 1.59. The van der Waals surface area contributed by atoms with Gasteiger partial charge in [-0.05, 0) is 53.8 Å². The predicted octanol–water partition coefficient (Wildman–Crippen LogP) is 1.66. The molecule has 33 heavy (non-hydrogen) atoms. The van der Waals surface area contributed by atoms with Crippen LogP contribution in [0.2, 0.25) is 0 Å². The molecule has 0 aliphatic heterocycles. The first-order chi connectivity index (χ1) is 14.9. The number of carbonyl (C=O) groups excluding carboxylic acids is 1. The molecule has 0 bridgehead atoms. The van der Waals surface area contributed by atoms with E-state index in [4.69, 9.17) is 30.2 Å². The number of nitriles is 1. The third kappa shape index (κ3) is 17.0.